The van der Waals surface area contributed by atoms with Gasteiger partial charge in [-0.05, 0) is 19.9 Å². The first-order valence-electron chi connectivity index (χ1n) is 8.73. The minimum absolute atomic E-state index is 0. The van der Waals surface area contributed by atoms with Crippen LogP contribution in [0.15, 0.2) is 30.3 Å². The van der Waals surface area contributed by atoms with Crippen molar-refractivity contribution in [3.8, 4) is 10.6 Å². The van der Waals surface area contributed by atoms with E-state index in [0.29, 0.717) is 18.5 Å². The number of aromatic nitrogens is 1. The maximum Gasteiger partial charge on any atom is 0.239 e. The van der Waals surface area contributed by atoms with Gasteiger partial charge < -0.3 is 10.6 Å². The second-order valence-corrected chi connectivity index (χ2v) is 7.72. The van der Waals surface area contributed by atoms with Gasteiger partial charge in [-0.1, -0.05) is 30.3 Å². The number of amides is 1. The first-order chi connectivity index (χ1) is 12.2. The van der Waals surface area contributed by atoms with E-state index in [9.17, 15) is 4.79 Å². The molecule has 0 saturated carbocycles. The third-order valence-electron chi connectivity index (χ3n) is 5.00. The Balaban J connectivity index is 0.00000196. The van der Waals surface area contributed by atoms with Crippen LogP contribution >= 0.6 is 23.7 Å². The average Bonchev–Trinajstić information content (AvgIpc) is 3.24. The van der Waals surface area contributed by atoms with Crippen molar-refractivity contribution in [3.05, 3.63) is 40.9 Å². The molecular weight excluding hydrogens is 370 g/mol. The number of thiazole rings is 1. The number of hydrogen-bond acceptors (Lipinski definition) is 6. The van der Waals surface area contributed by atoms with Crippen LogP contribution in [0.25, 0.3) is 10.6 Å². The summed E-state index contributed by atoms with van der Waals surface area (Å²) < 4.78 is 0. The van der Waals surface area contributed by atoms with Crippen molar-refractivity contribution in [3.63, 3.8) is 0 Å². The number of carbonyl (C=O) groups is 1. The van der Waals surface area contributed by atoms with Gasteiger partial charge >= 0.3 is 0 Å². The highest BCUT2D eigenvalue weighted by molar-refractivity contribution is 7.15. The molecule has 2 saturated heterocycles. The summed E-state index contributed by atoms with van der Waals surface area (Å²) in [6, 6.07) is 10.4. The molecular formula is C18H24ClN5OS. The van der Waals surface area contributed by atoms with E-state index in [1.165, 1.54) is 0 Å². The molecule has 6 nitrogen and oxygen atoms in total. The van der Waals surface area contributed by atoms with Gasteiger partial charge in [0.25, 0.3) is 0 Å². The molecule has 140 valence electrons. The van der Waals surface area contributed by atoms with E-state index in [1.54, 1.807) is 11.3 Å². The highest BCUT2D eigenvalue weighted by atomic mass is 35.5. The lowest BCUT2D eigenvalue weighted by Gasteiger charge is -2.27. The minimum Gasteiger partial charge on any atom is -0.350 e. The van der Waals surface area contributed by atoms with Gasteiger partial charge in [-0.3, -0.25) is 10.2 Å². The molecule has 8 heteroatoms. The Morgan fingerprint density at radius 1 is 1.31 bits per heavy atom. The Kier molecular flexibility index (Phi) is 6.26. The van der Waals surface area contributed by atoms with Crippen molar-refractivity contribution >= 4 is 29.7 Å². The van der Waals surface area contributed by atoms with Gasteiger partial charge in [-0.2, -0.15) is 0 Å². The summed E-state index contributed by atoms with van der Waals surface area (Å²) in [5.41, 5.74) is 8.53. The average molecular weight is 394 g/mol. The quantitative estimate of drug-likeness (QED) is 0.634. The number of fused-ring (bicyclic) bond motifs is 1. The molecule has 4 N–H and O–H groups in total. The highest BCUT2D eigenvalue weighted by Crippen LogP contribution is 2.27. The van der Waals surface area contributed by atoms with E-state index in [1.807, 2.05) is 25.1 Å². The van der Waals surface area contributed by atoms with Crippen molar-refractivity contribution in [2.24, 2.45) is 5.92 Å². The molecule has 4 rings (SSSR count). The number of benzene rings is 1. The molecule has 2 aliphatic heterocycles. The molecule has 1 aromatic heterocycles. The molecule has 3 heterocycles. The molecule has 0 radical (unpaired) electrons. The van der Waals surface area contributed by atoms with Gasteiger partial charge in [0.05, 0.1) is 12.2 Å². The third-order valence-corrected chi connectivity index (χ3v) is 6.21. The van der Waals surface area contributed by atoms with Crippen LogP contribution in [0.3, 0.4) is 0 Å². The number of aryl methyl sites for hydroxylation is 1. The van der Waals surface area contributed by atoms with Gasteiger partial charge in [-0.15, -0.1) is 23.7 Å². The molecule has 3 unspecified atom stereocenters. The molecule has 0 bridgehead atoms. The van der Waals surface area contributed by atoms with E-state index in [4.69, 9.17) is 0 Å². The molecule has 2 aliphatic rings. The largest absolute Gasteiger partial charge is 0.350 e. The lowest BCUT2D eigenvalue weighted by molar-refractivity contribution is -0.124. The highest BCUT2D eigenvalue weighted by Gasteiger charge is 2.40. The monoisotopic (exact) mass is 393 g/mol. The standard InChI is InChI=1S/C18H23N5OS.ClH/c1-11-15(25-18(21-11)12-5-3-2-4-6-12)10-20-17(24)16-13-9-19-8-7-14(13)22-23-16;/h2-6,13-14,16,19,22-23H,7-10H2,1H3,(H,20,24);1H. The molecule has 3 atom stereocenters. The van der Waals surface area contributed by atoms with Gasteiger partial charge in [0, 0.05) is 28.9 Å². The first kappa shape index (κ1) is 19.3. The van der Waals surface area contributed by atoms with Crippen molar-refractivity contribution in [1.82, 2.24) is 26.5 Å². The lowest BCUT2D eigenvalue weighted by atomic mass is 9.89. The van der Waals surface area contributed by atoms with Crippen LogP contribution in [0.2, 0.25) is 0 Å². The molecule has 26 heavy (non-hydrogen) atoms. The van der Waals surface area contributed by atoms with Gasteiger partial charge in [0.2, 0.25) is 5.91 Å². The van der Waals surface area contributed by atoms with E-state index in [0.717, 1.165) is 40.7 Å². The summed E-state index contributed by atoms with van der Waals surface area (Å²) in [4.78, 5) is 18.4. The van der Waals surface area contributed by atoms with Crippen LogP contribution in [-0.2, 0) is 11.3 Å². The Morgan fingerprint density at radius 2 is 2.12 bits per heavy atom. The Hall–Kier alpha value is -1.51. The molecule has 1 aromatic carbocycles. The summed E-state index contributed by atoms with van der Waals surface area (Å²) >= 11 is 1.65. The Bertz CT molecular complexity index is 753. The summed E-state index contributed by atoms with van der Waals surface area (Å²) in [6.45, 7) is 4.41. The normalized spacial score (nSPS) is 24.6. The van der Waals surface area contributed by atoms with Crippen molar-refractivity contribution in [1.29, 1.82) is 0 Å². The van der Waals surface area contributed by atoms with Gasteiger partial charge in [-0.25, -0.2) is 10.4 Å². The van der Waals surface area contributed by atoms with E-state index in [2.05, 4.69) is 38.6 Å². The van der Waals surface area contributed by atoms with E-state index < -0.39 is 0 Å². The molecule has 1 amide bonds. The number of rotatable bonds is 4. The zero-order chi connectivity index (χ0) is 17.2. The third kappa shape index (κ3) is 3.92. The van der Waals surface area contributed by atoms with Crippen LogP contribution in [0, 0.1) is 12.8 Å². The summed E-state index contributed by atoms with van der Waals surface area (Å²) in [7, 11) is 0. The molecule has 0 aliphatic carbocycles. The number of hydrogen-bond donors (Lipinski definition) is 4. The summed E-state index contributed by atoms with van der Waals surface area (Å²) in [5.74, 6) is 0.356. The van der Waals surface area contributed by atoms with Crippen molar-refractivity contribution < 1.29 is 4.79 Å². The van der Waals surface area contributed by atoms with E-state index in [-0.39, 0.29) is 24.4 Å². The maximum atomic E-state index is 12.6. The number of halogens is 1. The van der Waals surface area contributed by atoms with Crippen molar-refractivity contribution in [2.45, 2.75) is 32.0 Å². The number of nitrogens with zero attached hydrogens (tertiary/aromatic N) is 1. The fourth-order valence-electron chi connectivity index (χ4n) is 3.55. The second kappa shape index (κ2) is 8.45. The number of piperidine rings is 1. The predicted octanol–water partition coefficient (Wildman–Crippen LogP) is 1.61. The topological polar surface area (TPSA) is 78.1 Å². The second-order valence-electron chi connectivity index (χ2n) is 6.64. The first-order valence-corrected chi connectivity index (χ1v) is 9.55. The van der Waals surface area contributed by atoms with E-state index >= 15 is 0 Å². The van der Waals surface area contributed by atoms with Crippen LogP contribution in [-0.4, -0.2) is 36.1 Å². The fourth-order valence-corrected chi connectivity index (χ4v) is 4.56. The van der Waals surface area contributed by atoms with Crippen LogP contribution in [0.5, 0.6) is 0 Å². The number of nitrogens with one attached hydrogen (secondary N) is 4. The SMILES string of the molecule is Cc1nc(-c2ccccc2)sc1CNC(=O)C1NNC2CCNCC21.Cl. The Morgan fingerprint density at radius 3 is 2.92 bits per heavy atom. The number of carbonyl (C=O) groups excluding carboxylic acids is 1. The smallest absolute Gasteiger partial charge is 0.239 e. The predicted molar refractivity (Wildman–Crippen MR) is 106 cm³/mol. The summed E-state index contributed by atoms with van der Waals surface area (Å²) in [6.07, 6.45) is 1.05. The zero-order valence-corrected chi connectivity index (χ0v) is 16.3. The molecule has 2 fully saturated rings. The fraction of sp³-hybridized carbons (Fsp3) is 0.444. The maximum absolute atomic E-state index is 12.6. The lowest BCUT2D eigenvalue weighted by Crippen LogP contribution is -2.49. The van der Waals surface area contributed by atoms with Crippen LogP contribution in [0.1, 0.15) is 17.0 Å². The minimum atomic E-state index is -0.181. The molecule has 2 aromatic rings. The molecule has 0 spiro atoms. The number of hydrazine groups is 1. The van der Waals surface area contributed by atoms with Crippen LogP contribution in [0.4, 0.5) is 0 Å². The summed E-state index contributed by atoms with van der Waals surface area (Å²) in [5, 5.41) is 7.46. The van der Waals surface area contributed by atoms with Crippen molar-refractivity contribution in [2.75, 3.05) is 13.1 Å². The van der Waals surface area contributed by atoms with Crippen LogP contribution < -0.4 is 21.5 Å². The Labute approximate surface area is 163 Å². The zero-order valence-electron chi connectivity index (χ0n) is 14.6. The van der Waals surface area contributed by atoms with Gasteiger partial charge in [0.15, 0.2) is 0 Å². The van der Waals surface area contributed by atoms with Gasteiger partial charge in [0.1, 0.15) is 11.0 Å².